The Balaban J connectivity index is 2.26. The minimum Gasteiger partial charge on any atom is -0.370 e. The normalized spacial score (nSPS) is 19.3. The summed E-state index contributed by atoms with van der Waals surface area (Å²) in [5, 5.41) is 3.19. The number of hydrogen-bond acceptors (Lipinski definition) is 2. The Morgan fingerprint density at radius 1 is 1.47 bits per heavy atom. The molecule has 1 aliphatic carbocycles. The molecule has 0 radical (unpaired) electrons. The van der Waals surface area contributed by atoms with Crippen molar-refractivity contribution < 1.29 is 0 Å². The zero-order chi connectivity index (χ0) is 11.3. The van der Waals surface area contributed by atoms with Gasteiger partial charge in [-0.05, 0) is 32.9 Å². The molecule has 0 aliphatic heterocycles. The molecule has 0 spiro atoms. The van der Waals surface area contributed by atoms with Gasteiger partial charge < -0.3 is 11.1 Å². The van der Waals surface area contributed by atoms with Crippen molar-refractivity contribution >= 4 is 5.96 Å². The second-order valence-electron chi connectivity index (χ2n) is 4.21. The SMILES string of the molecule is CCN(CC)C(C)CN=C(N)NC1CC1. The summed E-state index contributed by atoms with van der Waals surface area (Å²) in [5.41, 5.74) is 5.77. The summed E-state index contributed by atoms with van der Waals surface area (Å²) in [6.07, 6.45) is 2.48. The van der Waals surface area contributed by atoms with Gasteiger partial charge in [-0.25, -0.2) is 0 Å². The van der Waals surface area contributed by atoms with Crippen molar-refractivity contribution in [2.45, 2.75) is 45.7 Å². The molecule has 0 heterocycles. The molecule has 1 rings (SSSR count). The van der Waals surface area contributed by atoms with Gasteiger partial charge in [0.1, 0.15) is 0 Å². The Bertz CT molecular complexity index is 207. The second kappa shape index (κ2) is 5.95. The van der Waals surface area contributed by atoms with Crippen LogP contribution in [0.4, 0.5) is 0 Å². The van der Waals surface area contributed by atoms with Crippen LogP contribution in [-0.4, -0.2) is 42.6 Å². The minimum absolute atomic E-state index is 0.472. The van der Waals surface area contributed by atoms with Crippen molar-refractivity contribution in [2.24, 2.45) is 10.7 Å². The smallest absolute Gasteiger partial charge is 0.188 e. The van der Waals surface area contributed by atoms with Crippen LogP contribution >= 0.6 is 0 Å². The van der Waals surface area contributed by atoms with Gasteiger partial charge in [-0.15, -0.1) is 0 Å². The first kappa shape index (κ1) is 12.3. The summed E-state index contributed by atoms with van der Waals surface area (Å²) >= 11 is 0. The van der Waals surface area contributed by atoms with Crippen molar-refractivity contribution in [1.29, 1.82) is 0 Å². The molecule has 0 aromatic carbocycles. The van der Waals surface area contributed by atoms with Gasteiger partial charge in [-0.2, -0.15) is 0 Å². The number of nitrogens with zero attached hydrogens (tertiary/aromatic N) is 2. The van der Waals surface area contributed by atoms with Crippen molar-refractivity contribution in [3.05, 3.63) is 0 Å². The predicted octanol–water partition coefficient (Wildman–Crippen LogP) is 0.783. The maximum absolute atomic E-state index is 5.77. The number of guanidine groups is 1. The number of likely N-dealkylation sites (N-methyl/N-ethyl adjacent to an activating group) is 1. The van der Waals surface area contributed by atoms with E-state index < -0.39 is 0 Å². The van der Waals surface area contributed by atoms with Crippen LogP contribution in [0.2, 0.25) is 0 Å². The number of hydrogen-bond donors (Lipinski definition) is 2. The molecule has 0 amide bonds. The van der Waals surface area contributed by atoms with Crippen molar-refractivity contribution in [3.8, 4) is 0 Å². The quantitative estimate of drug-likeness (QED) is 0.505. The molecule has 1 saturated carbocycles. The van der Waals surface area contributed by atoms with Crippen LogP contribution in [0, 0.1) is 0 Å². The molecular weight excluding hydrogens is 188 g/mol. The van der Waals surface area contributed by atoms with E-state index in [2.05, 4.69) is 36.0 Å². The highest BCUT2D eigenvalue weighted by molar-refractivity contribution is 5.78. The van der Waals surface area contributed by atoms with Crippen LogP contribution in [0.1, 0.15) is 33.6 Å². The lowest BCUT2D eigenvalue weighted by atomic mass is 10.3. The molecule has 1 atom stereocenters. The highest BCUT2D eigenvalue weighted by Crippen LogP contribution is 2.17. The lowest BCUT2D eigenvalue weighted by Crippen LogP contribution is -2.38. The molecule has 0 aromatic rings. The van der Waals surface area contributed by atoms with Gasteiger partial charge in [0, 0.05) is 12.1 Å². The molecule has 15 heavy (non-hydrogen) atoms. The molecule has 88 valence electrons. The summed E-state index contributed by atoms with van der Waals surface area (Å²) in [6.45, 7) is 9.48. The largest absolute Gasteiger partial charge is 0.370 e. The van der Waals surface area contributed by atoms with Crippen molar-refractivity contribution in [3.63, 3.8) is 0 Å². The fourth-order valence-electron chi connectivity index (χ4n) is 1.68. The fraction of sp³-hybridized carbons (Fsp3) is 0.909. The van der Waals surface area contributed by atoms with E-state index in [0.29, 0.717) is 18.0 Å². The van der Waals surface area contributed by atoms with Crippen LogP contribution in [0.3, 0.4) is 0 Å². The zero-order valence-corrected chi connectivity index (χ0v) is 10.2. The van der Waals surface area contributed by atoms with E-state index in [-0.39, 0.29) is 0 Å². The van der Waals surface area contributed by atoms with Gasteiger partial charge >= 0.3 is 0 Å². The molecular formula is C11H24N4. The maximum Gasteiger partial charge on any atom is 0.188 e. The highest BCUT2D eigenvalue weighted by Gasteiger charge is 2.21. The Morgan fingerprint density at radius 2 is 2.07 bits per heavy atom. The van der Waals surface area contributed by atoms with Crippen LogP contribution in [-0.2, 0) is 0 Å². The van der Waals surface area contributed by atoms with E-state index in [1.54, 1.807) is 0 Å². The second-order valence-corrected chi connectivity index (χ2v) is 4.21. The third kappa shape index (κ3) is 4.51. The molecule has 1 aliphatic rings. The minimum atomic E-state index is 0.472. The Morgan fingerprint density at radius 3 is 2.53 bits per heavy atom. The van der Waals surface area contributed by atoms with E-state index in [0.717, 1.165) is 19.6 Å². The average molecular weight is 212 g/mol. The average Bonchev–Trinajstić information content (AvgIpc) is 3.00. The monoisotopic (exact) mass is 212 g/mol. The summed E-state index contributed by atoms with van der Waals surface area (Å²) < 4.78 is 0. The Hall–Kier alpha value is -0.770. The third-order valence-electron chi connectivity index (χ3n) is 2.89. The molecule has 0 bridgehead atoms. The maximum atomic E-state index is 5.77. The lowest BCUT2D eigenvalue weighted by Gasteiger charge is -2.24. The third-order valence-corrected chi connectivity index (χ3v) is 2.89. The highest BCUT2D eigenvalue weighted by atomic mass is 15.2. The number of nitrogens with two attached hydrogens (primary N) is 1. The Kier molecular flexibility index (Phi) is 4.88. The number of aliphatic imine (C=N–C) groups is 1. The van der Waals surface area contributed by atoms with Gasteiger partial charge in [-0.1, -0.05) is 13.8 Å². The standard InChI is InChI=1S/C11H24N4/c1-4-15(5-2)9(3)8-13-11(12)14-10-6-7-10/h9-10H,4-8H2,1-3H3,(H3,12,13,14). The lowest BCUT2D eigenvalue weighted by molar-refractivity contribution is 0.237. The van der Waals surface area contributed by atoms with Crippen molar-refractivity contribution in [2.75, 3.05) is 19.6 Å². The number of nitrogens with one attached hydrogen (secondary N) is 1. The molecule has 4 heteroatoms. The molecule has 0 saturated heterocycles. The summed E-state index contributed by atoms with van der Waals surface area (Å²) in [5.74, 6) is 0.608. The van der Waals surface area contributed by atoms with Gasteiger partial charge in [0.15, 0.2) is 5.96 Å². The van der Waals surface area contributed by atoms with Gasteiger partial charge in [0.05, 0.1) is 6.54 Å². The molecule has 1 fully saturated rings. The van der Waals surface area contributed by atoms with E-state index in [1.807, 2.05) is 0 Å². The van der Waals surface area contributed by atoms with Gasteiger partial charge in [0.25, 0.3) is 0 Å². The predicted molar refractivity (Wildman–Crippen MR) is 65.0 cm³/mol. The van der Waals surface area contributed by atoms with Crippen LogP contribution in [0.15, 0.2) is 4.99 Å². The first-order valence-electron chi connectivity index (χ1n) is 5.97. The van der Waals surface area contributed by atoms with Crippen LogP contribution in [0.25, 0.3) is 0 Å². The van der Waals surface area contributed by atoms with Gasteiger partial charge in [0.2, 0.25) is 0 Å². The molecule has 4 nitrogen and oxygen atoms in total. The topological polar surface area (TPSA) is 53.6 Å². The van der Waals surface area contributed by atoms with Gasteiger partial charge in [-0.3, -0.25) is 9.89 Å². The first-order valence-corrected chi connectivity index (χ1v) is 5.97. The first-order chi connectivity index (χ1) is 7.17. The van der Waals surface area contributed by atoms with E-state index in [4.69, 9.17) is 5.73 Å². The summed E-state index contributed by atoms with van der Waals surface area (Å²) in [6, 6.07) is 1.07. The zero-order valence-electron chi connectivity index (χ0n) is 10.2. The van der Waals surface area contributed by atoms with E-state index in [1.165, 1.54) is 12.8 Å². The molecule has 3 N–H and O–H groups in total. The van der Waals surface area contributed by atoms with Crippen molar-refractivity contribution in [1.82, 2.24) is 10.2 Å². The molecule has 0 aromatic heterocycles. The van der Waals surface area contributed by atoms with Crippen LogP contribution in [0.5, 0.6) is 0 Å². The Labute approximate surface area is 92.9 Å². The summed E-state index contributed by atoms with van der Waals surface area (Å²) in [4.78, 5) is 6.75. The molecule has 1 unspecified atom stereocenters. The van der Waals surface area contributed by atoms with Crippen LogP contribution < -0.4 is 11.1 Å². The van der Waals surface area contributed by atoms with E-state index in [9.17, 15) is 0 Å². The summed E-state index contributed by atoms with van der Waals surface area (Å²) in [7, 11) is 0. The fourth-order valence-corrected chi connectivity index (χ4v) is 1.68. The number of rotatable bonds is 6. The van der Waals surface area contributed by atoms with E-state index >= 15 is 0 Å².